The highest BCUT2D eigenvalue weighted by Crippen LogP contribution is 2.36. The molecule has 0 radical (unpaired) electrons. The highest BCUT2D eigenvalue weighted by molar-refractivity contribution is 6.14. The maximum Gasteiger partial charge on any atom is 0.289 e. The van der Waals surface area contributed by atoms with Crippen molar-refractivity contribution in [3.8, 4) is 0 Å². The third-order valence-corrected chi connectivity index (χ3v) is 6.08. The largest absolute Gasteiger partial charge is 0.438 e. The van der Waals surface area contributed by atoms with Crippen molar-refractivity contribution in [3.05, 3.63) is 42.1 Å². The van der Waals surface area contributed by atoms with Crippen LogP contribution in [0.3, 0.4) is 0 Å². The molecule has 11 heteroatoms. The molecule has 3 aromatic heterocycles. The van der Waals surface area contributed by atoms with Crippen molar-refractivity contribution in [1.82, 2.24) is 30.2 Å². The number of carbonyl (C=O) groups excluding carboxylic acids is 1. The van der Waals surface area contributed by atoms with E-state index in [1.807, 2.05) is 0 Å². The Hall–Kier alpha value is -3.73. The number of hydrogen-bond donors (Lipinski definition) is 3. The van der Waals surface area contributed by atoms with E-state index in [1.54, 1.807) is 7.05 Å². The normalized spacial score (nSPS) is 16.3. The van der Waals surface area contributed by atoms with E-state index >= 15 is 0 Å². The molecule has 3 N–H and O–H groups in total. The first-order chi connectivity index (χ1) is 15.9. The molecule has 0 bridgehead atoms. The average Bonchev–Trinajstić information content (AvgIpc) is 3.56. The van der Waals surface area contributed by atoms with Gasteiger partial charge in [-0.15, -0.1) is 0 Å². The average molecular weight is 452 g/mol. The van der Waals surface area contributed by atoms with E-state index in [2.05, 4.69) is 49.5 Å². The number of oxazole rings is 1. The number of hydrogen-bond acceptors (Lipinski definition) is 8. The Bertz CT molecular complexity index is 1320. The van der Waals surface area contributed by atoms with Crippen molar-refractivity contribution in [2.75, 3.05) is 44.4 Å². The maximum absolute atomic E-state index is 14.4. The fourth-order valence-corrected chi connectivity index (χ4v) is 4.32. The summed E-state index contributed by atoms with van der Waals surface area (Å²) < 4.78 is 19.5. The van der Waals surface area contributed by atoms with Crippen LogP contribution >= 0.6 is 0 Å². The van der Waals surface area contributed by atoms with E-state index in [0.29, 0.717) is 23.2 Å². The molecule has 4 aromatic rings. The van der Waals surface area contributed by atoms with Crippen LogP contribution < -0.4 is 15.5 Å². The van der Waals surface area contributed by atoms with Gasteiger partial charge in [0.25, 0.3) is 5.91 Å². The lowest BCUT2D eigenvalue weighted by atomic mass is 10.1. The number of rotatable bonds is 6. The van der Waals surface area contributed by atoms with Gasteiger partial charge >= 0.3 is 0 Å². The lowest BCUT2D eigenvalue weighted by molar-refractivity contribution is 0.0922. The summed E-state index contributed by atoms with van der Waals surface area (Å²) in [7, 11) is 5.88. The van der Waals surface area contributed by atoms with Crippen molar-refractivity contribution >= 4 is 39.3 Å². The molecule has 1 saturated heterocycles. The predicted octanol–water partition coefficient (Wildman–Crippen LogP) is 2.35. The zero-order valence-corrected chi connectivity index (χ0v) is 18.6. The number of nitrogens with one attached hydrogen (secondary N) is 3. The second-order valence-electron chi connectivity index (χ2n) is 8.34. The molecule has 1 aromatic carbocycles. The third kappa shape index (κ3) is 3.84. The Kier molecular flexibility index (Phi) is 5.33. The lowest BCUT2D eigenvalue weighted by Gasteiger charge is -2.22. The molecule has 0 aliphatic carbocycles. The van der Waals surface area contributed by atoms with E-state index in [4.69, 9.17) is 9.40 Å². The molecule has 1 fully saturated rings. The van der Waals surface area contributed by atoms with E-state index < -0.39 is 5.91 Å². The minimum Gasteiger partial charge on any atom is -0.438 e. The first kappa shape index (κ1) is 21.1. The molecule has 1 atom stereocenters. The fraction of sp³-hybridized carbons (Fsp3) is 0.364. The van der Waals surface area contributed by atoms with Gasteiger partial charge in [-0.05, 0) is 32.6 Å². The number of anilines is 2. The number of likely N-dealkylation sites (N-methyl/N-ethyl adjacent to an activating group) is 1. The Balaban J connectivity index is 1.59. The van der Waals surface area contributed by atoms with Crippen LogP contribution in [0.15, 0.2) is 29.1 Å². The first-order valence-electron chi connectivity index (χ1n) is 10.7. The van der Waals surface area contributed by atoms with Gasteiger partial charge in [0.15, 0.2) is 12.2 Å². The standard InChI is InChI=1S/C22H25FN8O2/c1-24-15-7-12(23)6-14-18-20(29-19(14)15)27-17(9-26-22(32)16-8-25-11-33-16)28-21(18)31-5-4-13(10-31)30(2)3/h6-8,11,13,24H,4-5,9-10H2,1-3H3,(H,26,32)(H,27,28,29). The molecule has 172 valence electrons. The molecule has 4 heterocycles. The summed E-state index contributed by atoms with van der Waals surface area (Å²) in [6, 6.07) is 3.34. The molecule has 33 heavy (non-hydrogen) atoms. The van der Waals surface area contributed by atoms with Gasteiger partial charge in [0, 0.05) is 31.6 Å². The van der Waals surface area contributed by atoms with Crippen LogP contribution in [0.4, 0.5) is 15.9 Å². The van der Waals surface area contributed by atoms with Crippen LogP contribution in [0.1, 0.15) is 22.8 Å². The summed E-state index contributed by atoms with van der Waals surface area (Å²) in [4.78, 5) is 33.2. The van der Waals surface area contributed by atoms with Crippen molar-refractivity contribution in [1.29, 1.82) is 0 Å². The summed E-state index contributed by atoms with van der Waals surface area (Å²) in [6.45, 7) is 1.72. The number of amides is 1. The Morgan fingerprint density at radius 1 is 1.36 bits per heavy atom. The molecular weight excluding hydrogens is 427 g/mol. The number of fused-ring (bicyclic) bond motifs is 3. The topological polar surface area (TPSA) is 115 Å². The molecule has 1 aliphatic heterocycles. The van der Waals surface area contributed by atoms with Gasteiger partial charge < -0.3 is 29.8 Å². The smallest absolute Gasteiger partial charge is 0.289 e. The van der Waals surface area contributed by atoms with Gasteiger partial charge in [-0.1, -0.05) is 0 Å². The van der Waals surface area contributed by atoms with Gasteiger partial charge in [0.05, 0.1) is 29.3 Å². The number of aromatic nitrogens is 4. The molecule has 5 rings (SSSR count). The predicted molar refractivity (Wildman–Crippen MR) is 123 cm³/mol. The third-order valence-electron chi connectivity index (χ3n) is 6.08. The second kappa shape index (κ2) is 8.32. The minimum atomic E-state index is -0.400. The van der Waals surface area contributed by atoms with Gasteiger partial charge in [0.1, 0.15) is 17.3 Å². The second-order valence-corrected chi connectivity index (χ2v) is 8.34. The van der Waals surface area contributed by atoms with Crippen LogP contribution in [-0.4, -0.2) is 71.0 Å². The molecular formula is C22H25FN8O2. The molecule has 0 spiro atoms. The lowest BCUT2D eigenvalue weighted by Crippen LogP contribution is -2.32. The summed E-state index contributed by atoms with van der Waals surface area (Å²) in [6.07, 6.45) is 3.55. The van der Waals surface area contributed by atoms with Gasteiger partial charge in [-0.2, -0.15) is 0 Å². The van der Waals surface area contributed by atoms with Crippen LogP contribution in [0.5, 0.6) is 0 Å². The summed E-state index contributed by atoms with van der Waals surface area (Å²) >= 11 is 0. The summed E-state index contributed by atoms with van der Waals surface area (Å²) in [5.74, 6) is 0.547. The van der Waals surface area contributed by atoms with Crippen LogP contribution in [0.2, 0.25) is 0 Å². The quantitative estimate of drug-likeness (QED) is 0.408. The minimum absolute atomic E-state index is 0.107. The van der Waals surface area contributed by atoms with Gasteiger partial charge in [-0.25, -0.2) is 19.3 Å². The molecule has 0 saturated carbocycles. The van der Waals surface area contributed by atoms with Gasteiger partial charge in [-0.3, -0.25) is 4.79 Å². The van der Waals surface area contributed by atoms with E-state index in [1.165, 1.54) is 24.7 Å². The zero-order chi connectivity index (χ0) is 23.1. The fourth-order valence-electron chi connectivity index (χ4n) is 4.32. The molecule has 10 nitrogen and oxygen atoms in total. The number of H-pyrrole nitrogens is 1. The van der Waals surface area contributed by atoms with E-state index in [0.717, 1.165) is 41.6 Å². The first-order valence-corrected chi connectivity index (χ1v) is 10.7. The van der Waals surface area contributed by atoms with Crippen LogP contribution in [0, 0.1) is 5.82 Å². The number of nitrogens with zero attached hydrogens (tertiary/aromatic N) is 5. The van der Waals surface area contributed by atoms with E-state index in [9.17, 15) is 9.18 Å². The number of halogens is 1. The molecule has 1 unspecified atom stereocenters. The maximum atomic E-state index is 14.4. The number of aromatic amines is 1. The summed E-state index contributed by atoms with van der Waals surface area (Å²) in [5, 5.41) is 7.29. The van der Waals surface area contributed by atoms with Crippen LogP contribution in [0.25, 0.3) is 21.9 Å². The summed E-state index contributed by atoms with van der Waals surface area (Å²) in [5.41, 5.74) is 1.99. The Labute approximate surface area is 189 Å². The van der Waals surface area contributed by atoms with Crippen molar-refractivity contribution in [2.24, 2.45) is 0 Å². The zero-order valence-electron chi connectivity index (χ0n) is 18.6. The van der Waals surface area contributed by atoms with Crippen LogP contribution in [-0.2, 0) is 6.54 Å². The number of carbonyl (C=O) groups is 1. The van der Waals surface area contributed by atoms with Crippen molar-refractivity contribution in [3.63, 3.8) is 0 Å². The Morgan fingerprint density at radius 3 is 2.91 bits per heavy atom. The SMILES string of the molecule is CNc1cc(F)cc2c1[nH]c1nc(CNC(=O)c3cnco3)nc(N3CCC(N(C)C)C3)c12. The van der Waals surface area contributed by atoms with Crippen molar-refractivity contribution < 1.29 is 13.6 Å². The highest BCUT2D eigenvalue weighted by atomic mass is 19.1. The van der Waals surface area contributed by atoms with Gasteiger partial charge in [0.2, 0.25) is 5.76 Å². The highest BCUT2D eigenvalue weighted by Gasteiger charge is 2.28. The van der Waals surface area contributed by atoms with Crippen molar-refractivity contribution in [2.45, 2.75) is 19.0 Å². The monoisotopic (exact) mass is 452 g/mol. The molecule has 1 amide bonds. The Morgan fingerprint density at radius 2 is 2.21 bits per heavy atom. The number of benzene rings is 1. The molecule has 1 aliphatic rings. The van der Waals surface area contributed by atoms with E-state index in [-0.39, 0.29) is 18.1 Å².